The number of fused-ring (bicyclic) bond motifs is 1. The van der Waals surface area contributed by atoms with Crippen LogP contribution in [0.3, 0.4) is 0 Å². The molecule has 3 aromatic carbocycles. The minimum atomic E-state index is -0.345. The standard InChI is InChI=1S/C22H16ClN3O2/c23-17-3-1-2-16(10-17)14-4-6-15(7-5-14)21-12-28-22(27)26(21)18-8-9-19-20(11-18)25-13-24-19/h1-11,13,21H,12H2,(H,24,25)/t21-/m1/s1. The van der Waals surface area contributed by atoms with Gasteiger partial charge in [-0.3, -0.25) is 4.90 Å². The molecule has 4 aromatic rings. The van der Waals surface area contributed by atoms with Crippen LogP contribution in [0.4, 0.5) is 10.5 Å². The van der Waals surface area contributed by atoms with Gasteiger partial charge in [0.1, 0.15) is 6.61 Å². The number of rotatable bonds is 3. The van der Waals surface area contributed by atoms with Crippen molar-refractivity contribution in [3.8, 4) is 11.1 Å². The Bertz CT molecular complexity index is 1170. The molecule has 1 aliphatic heterocycles. The van der Waals surface area contributed by atoms with Crippen LogP contribution in [0.25, 0.3) is 22.2 Å². The van der Waals surface area contributed by atoms with Crippen LogP contribution >= 0.6 is 11.6 Å². The molecule has 28 heavy (non-hydrogen) atoms. The Kier molecular flexibility index (Phi) is 4.02. The highest BCUT2D eigenvalue weighted by Gasteiger charge is 2.35. The normalized spacial score (nSPS) is 16.5. The topological polar surface area (TPSA) is 58.2 Å². The molecule has 0 bridgehead atoms. The summed E-state index contributed by atoms with van der Waals surface area (Å²) in [5, 5.41) is 0.705. The second-order valence-corrected chi connectivity index (χ2v) is 7.14. The Balaban J connectivity index is 1.48. The summed E-state index contributed by atoms with van der Waals surface area (Å²) >= 11 is 6.10. The van der Waals surface area contributed by atoms with Crippen LogP contribution in [-0.4, -0.2) is 22.7 Å². The quantitative estimate of drug-likeness (QED) is 0.497. The maximum Gasteiger partial charge on any atom is 0.415 e. The highest BCUT2D eigenvalue weighted by atomic mass is 35.5. The number of carbonyl (C=O) groups excluding carboxylic acids is 1. The molecule has 0 unspecified atom stereocenters. The zero-order valence-electron chi connectivity index (χ0n) is 14.8. The van der Waals surface area contributed by atoms with E-state index in [4.69, 9.17) is 16.3 Å². The summed E-state index contributed by atoms with van der Waals surface area (Å²) in [5.41, 5.74) is 5.66. The minimum Gasteiger partial charge on any atom is -0.447 e. The lowest BCUT2D eigenvalue weighted by atomic mass is 10.0. The summed E-state index contributed by atoms with van der Waals surface area (Å²) in [5.74, 6) is 0. The average Bonchev–Trinajstić information content (AvgIpc) is 3.34. The van der Waals surface area contributed by atoms with Gasteiger partial charge in [-0.2, -0.15) is 0 Å². The minimum absolute atomic E-state index is 0.179. The van der Waals surface area contributed by atoms with Gasteiger partial charge < -0.3 is 9.72 Å². The number of ether oxygens (including phenoxy) is 1. The van der Waals surface area contributed by atoms with Gasteiger partial charge in [-0.1, -0.05) is 48.0 Å². The molecule has 5 rings (SSSR count). The van der Waals surface area contributed by atoms with E-state index >= 15 is 0 Å². The molecule has 6 heteroatoms. The molecule has 0 spiro atoms. The van der Waals surface area contributed by atoms with Gasteiger partial charge in [0.25, 0.3) is 0 Å². The van der Waals surface area contributed by atoms with Gasteiger partial charge >= 0.3 is 6.09 Å². The largest absolute Gasteiger partial charge is 0.447 e. The van der Waals surface area contributed by atoms with E-state index in [1.54, 1.807) is 11.2 Å². The van der Waals surface area contributed by atoms with Crippen molar-refractivity contribution in [1.29, 1.82) is 0 Å². The number of halogens is 1. The fourth-order valence-electron chi connectivity index (χ4n) is 3.59. The zero-order chi connectivity index (χ0) is 19.1. The van der Waals surface area contributed by atoms with E-state index in [2.05, 4.69) is 9.97 Å². The summed E-state index contributed by atoms with van der Waals surface area (Å²) < 4.78 is 5.35. The number of aromatic nitrogens is 2. The maximum absolute atomic E-state index is 12.4. The molecule has 1 N–H and O–H groups in total. The molecule has 5 nitrogen and oxygen atoms in total. The second-order valence-electron chi connectivity index (χ2n) is 6.70. The number of nitrogens with one attached hydrogen (secondary N) is 1. The van der Waals surface area contributed by atoms with Crippen molar-refractivity contribution in [3.63, 3.8) is 0 Å². The van der Waals surface area contributed by atoms with Crippen molar-refractivity contribution in [1.82, 2.24) is 9.97 Å². The lowest BCUT2D eigenvalue weighted by Gasteiger charge is -2.22. The number of aromatic amines is 1. The summed E-state index contributed by atoms with van der Waals surface area (Å²) in [6.45, 7) is 0.316. The molecule has 1 fully saturated rings. The molecule has 0 aliphatic carbocycles. The number of amides is 1. The number of imidazole rings is 1. The third-order valence-electron chi connectivity index (χ3n) is 5.01. The van der Waals surface area contributed by atoms with E-state index in [9.17, 15) is 4.79 Å². The molecule has 1 saturated heterocycles. The molecular weight excluding hydrogens is 374 g/mol. The van der Waals surface area contributed by atoms with Crippen LogP contribution in [-0.2, 0) is 4.74 Å². The molecule has 1 amide bonds. The predicted molar refractivity (Wildman–Crippen MR) is 110 cm³/mol. The number of nitrogens with zero attached hydrogens (tertiary/aromatic N) is 2. The van der Waals surface area contributed by atoms with Gasteiger partial charge in [-0.05, 0) is 47.0 Å². The highest BCUT2D eigenvalue weighted by molar-refractivity contribution is 6.30. The number of cyclic esters (lactones) is 1. The molecule has 2 heterocycles. The van der Waals surface area contributed by atoms with Crippen LogP contribution in [0.1, 0.15) is 11.6 Å². The zero-order valence-corrected chi connectivity index (χ0v) is 15.6. The first-order chi connectivity index (χ1) is 13.7. The van der Waals surface area contributed by atoms with E-state index < -0.39 is 0 Å². The van der Waals surface area contributed by atoms with E-state index in [0.29, 0.717) is 11.6 Å². The van der Waals surface area contributed by atoms with E-state index in [1.165, 1.54) is 0 Å². The Hall–Kier alpha value is -3.31. The third-order valence-corrected chi connectivity index (χ3v) is 5.24. The van der Waals surface area contributed by atoms with E-state index in [-0.39, 0.29) is 12.1 Å². The number of carbonyl (C=O) groups is 1. The van der Waals surface area contributed by atoms with Crippen molar-refractivity contribution in [2.24, 2.45) is 0 Å². The smallest absolute Gasteiger partial charge is 0.415 e. The Morgan fingerprint density at radius 1 is 1.04 bits per heavy atom. The lowest BCUT2D eigenvalue weighted by Crippen LogP contribution is -2.27. The average molecular weight is 390 g/mol. The highest BCUT2D eigenvalue weighted by Crippen LogP contribution is 2.35. The van der Waals surface area contributed by atoms with Crippen molar-refractivity contribution < 1.29 is 9.53 Å². The van der Waals surface area contributed by atoms with E-state index in [1.807, 2.05) is 66.7 Å². The van der Waals surface area contributed by atoms with Gasteiger partial charge in [0.2, 0.25) is 0 Å². The molecule has 0 radical (unpaired) electrons. The van der Waals surface area contributed by atoms with Crippen molar-refractivity contribution in [2.45, 2.75) is 6.04 Å². The van der Waals surface area contributed by atoms with E-state index in [0.717, 1.165) is 33.4 Å². The summed E-state index contributed by atoms with van der Waals surface area (Å²) in [4.78, 5) is 21.4. The molecule has 1 aliphatic rings. The van der Waals surface area contributed by atoms with Crippen LogP contribution < -0.4 is 4.90 Å². The number of benzene rings is 3. The third kappa shape index (κ3) is 2.90. The first-order valence-electron chi connectivity index (χ1n) is 8.94. The predicted octanol–water partition coefficient (Wildman–Crippen LogP) is 5.58. The number of H-pyrrole nitrogens is 1. The second kappa shape index (κ2) is 6.69. The Labute approximate surface area is 166 Å². The Morgan fingerprint density at radius 2 is 1.89 bits per heavy atom. The summed E-state index contributed by atoms with van der Waals surface area (Å²) in [6, 6.07) is 21.4. The van der Waals surface area contributed by atoms with Crippen LogP contribution in [0.5, 0.6) is 0 Å². The number of hydrogen-bond donors (Lipinski definition) is 1. The lowest BCUT2D eigenvalue weighted by molar-refractivity contribution is 0.179. The van der Waals surface area contributed by atoms with Gasteiger partial charge in [0.05, 0.1) is 29.1 Å². The molecule has 0 saturated carbocycles. The van der Waals surface area contributed by atoms with Gasteiger partial charge in [0, 0.05) is 5.02 Å². The van der Waals surface area contributed by atoms with Gasteiger partial charge in [0.15, 0.2) is 0 Å². The van der Waals surface area contributed by atoms with Gasteiger partial charge in [-0.25, -0.2) is 9.78 Å². The van der Waals surface area contributed by atoms with Crippen molar-refractivity contribution in [3.05, 3.63) is 83.6 Å². The van der Waals surface area contributed by atoms with Crippen molar-refractivity contribution >= 4 is 34.4 Å². The monoisotopic (exact) mass is 389 g/mol. The van der Waals surface area contributed by atoms with Crippen LogP contribution in [0.15, 0.2) is 73.1 Å². The molecule has 138 valence electrons. The molecular formula is C22H16ClN3O2. The molecule has 1 atom stereocenters. The number of hydrogen-bond acceptors (Lipinski definition) is 3. The van der Waals surface area contributed by atoms with Crippen molar-refractivity contribution in [2.75, 3.05) is 11.5 Å². The first kappa shape index (κ1) is 16.8. The van der Waals surface area contributed by atoms with Crippen LogP contribution in [0.2, 0.25) is 5.02 Å². The SMILES string of the molecule is O=C1OC[C@H](c2ccc(-c3cccc(Cl)c3)cc2)N1c1ccc2nc[nH]c2c1. The summed E-state index contributed by atoms with van der Waals surface area (Å²) in [6.07, 6.45) is 1.30. The number of anilines is 1. The van der Waals surface area contributed by atoms with Crippen LogP contribution in [0, 0.1) is 0 Å². The maximum atomic E-state index is 12.4. The Morgan fingerprint density at radius 3 is 2.71 bits per heavy atom. The fraction of sp³-hybridized carbons (Fsp3) is 0.0909. The first-order valence-corrected chi connectivity index (χ1v) is 9.32. The summed E-state index contributed by atoms with van der Waals surface area (Å²) in [7, 11) is 0. The molecule has 1 aromatic heterocycles. The fourth-order valence-corrected chi connectivity index (χ4v) is 3.78. The van der Waals surface area contributed by atoms with Gasteiger partial charge in [-0.15, -0.1) is 0 Å².